The molecule has 0 spiro atoms. The van der Waals surface area contributed by atoms with Crippen LogP contribution in [0.1, 0.15) is 12.8 Å². The first-order chi connectivity index (χ1) is 9.00. The monoisotopic (exact) mass is 281 g/mol. The van der Waals surface area contributed by atoms with Gasteiger partial charge in [0.05, 0.1) is 17.2 Å². The van der Waals surface area contributed by atoms with Gasteiger partial charge < -0.3 is 10.6 Å². The Kier molecular flexibility index (Phi) is 4.09. The Bertz CT molecular complexity index is 551. The molecule has 104 valence electrons. The smallest absolute Gasteiger partial charge is 0.191 e. The maximum Gasteiger partial charge on any atom is 0.191 e. The highest BCUT2D eigenvalue weighted by Crippen LogP contribution is 2.24. The van der Waals surface area contributed by atoms with E-state index in [0.29, 0.717) is 16.9 Å². The SMILES string of the molecule is CN(C(N)=NCCS(=O)(=O)c1ccccc1)C1CC1. The molecule has 0 atom stereocenters. The molecule has 1 aliphatic rings. The first kappa shape index (κ1) is 13.9. The van der Waals surface area contributed by atoms with E-state index in [0.717, 1.165) is 12.8 Å². The molecule has 19 heavy (non-hydrogen) atoms. The molecule has 0 aromatic heterocycles. The molecule has 0 heterocycles. The summed E-state index contributed by atoms with van der Waals surface area (Å²) in [5, 5.41) is 0. The lowest BCUT2D eigenvalue weighted by atomic mass is 10.4. The largest absolute Gasteiger partial charge is 0.370 e. The van der Waals surface area contributed by atoms with E-state index in [9.17, 15) is 8.42 Å². The fourth-order valence-corrected chi connectivity index (χ4v) is 2.93. The van der Waals surface area contributed by atoms with E-state index >= 15 is 0 Å². The molecule has 1 fully saturated rings. The van der Waals surface area contributed by atoms with Crippen LogP contribution in [0.4, 0.5) is 0 Å². The third kappa shape index (κ3) is 3.70. The molecule has 1 aromatic carbocycles. The van der Waals surface area contributed by atoms with Crippen molar-refractivity contribution in [2.75, 3.05) is 19.3 Å². The lowest BCUT2D eigenvalue weighted by molar-refractivity contribution is 0.488. The van der Waals surface area contributed by atoms with Gasteiger partial charge in [-0.25, -0.2) is 8.42 Å². The van der Waals surface area contributed by atoms with Gasteiger partial charge in [-0.1, -0.05) is 18.2 Å². The van der Waals surface area contributed by atoms with Crippen molar-refractivity contribution in [2.45, 2.75) is 23.8 Å². The Morgan fingerprint density at radius 3 is 2.58 bits per heavy atom. The fourth-order valence-electron chi connectivity index (χ4n) is 1.79. The molecule has 2 N–H and O–H groups in total. The number of rotatable bonds is 5. The summed E-state index contributed by atoms with van der Waals surface area (Å²) in [6.45, 7) is 0.195. The van der Waals surface area contributed by atoms with Crippen LogP contribution in [-0.2, 0) is 9.84 Å². The minimum atomic E-state index is -3.27. The Labute approximate surface area is 114 Å². The van der Waals surface area contributed by atoms with Gasteiger partial charge in [-0.15, -0.1) is 0 Å². The van der Waals surface area contributed by atoms with Crippen molar-refractivity contribution >= 4 is 15.8 Å². The molecule has 1 aliphatic carbocycles. The number of sulfone groups is 1. The maximum absolute atomic E-state index is 12.0. The summed E-state index contributed by atoms with van der Waals surface area (Å²) in [4.78, 5) is 6.38. The minimum Gasteiger partial charge on any atom is -0.370 e. The first-order valence-corrected chi connectivity index (χ1v) is 7.96. The number of guanidine groups is 1. The molecule has 0 unspecified atom stereocenters. The van der Waals surface area contributed by atoms with Gasteiger partial charge in [-0.05, 0) is 25.0 Å². The van der Waals surface area contributed by atoms with Gasteiger partial charge in [0.25, 0.3) is 0 Å². The quantitative estimate of drug-likeness (QED) is 0.642. The van der Waals surface area contributed by atoms with Gasteiger partial charge >= 0.3 is 0 Å². The molecule has 0 bridgehead atoms. The van der Waals surface area contributed by atoms with E-state index in [1.165, 1.54) is 0 Å². The molecule has 5 nitrogen and oxygen atoms in total. The van der Waals surface area contributed by atoms with E-state index in [1.54, 1.807) is 30.3 Å². The summed E-state index contributed by atoms with van der Waals surface area (Å²) >= 11 is 0. The van der Waals surface area contributed by atoms with Crippen LogP contribution < -0.4 is 5.73 Å². The Morgan fingerprint density at radius 1 is 1.37 bits per heavy atom. The number of hydrogen-bond donors (Lipinski definition) is 1. The van der Waals surface area contributed by atoms with Crippen LogP contribution in [0.25, 0.3) is 0 Å². The van der Waals surface area contributed by atoms with Gasteiger partial charge in [-0.2, -0.15) is 0 Å². The van der Waals surface area contributed by atoms with Crippen molar-refractivity contribution in [1.29, 1.82) is 0 Å². The molecule has 0 amide bonds. The molecular formula is C13H19N3O2S. The maximum atomic E-state index is 12.0. The summed E-state index contributed by atoms with van der Waals surface area (Å²) in [5.41, 5.74) is 5.81. The lowest BCUT2D eigenvalue weighted by Crippen LogP contribution is -2.36. The molecule has 0 aliphatic heterocycles. The zero-order valence-electron chi connectivity index (χ0n) is 11.0. The highest BCUT2D eigenvalue weighted by molar-refractivity contribution is 7.91. The third-order valence-electron chi connectivity index (χ3n) is 3.19. The lowest BCUT2D eigenvalue weighted by Gasteiger charge is -2.16. The number of nitrogens with zero attached hydrogens (tertiary/aromatic N) is 2. The van der Waals surface area contributed by atoms with E-state index in [1.807, 2.05) is 11.9 Å². The highest BCUT2D eigenvalue weighted by atomic mass is 32.2. The molecule has 2 rings (SSSR count). The van der Waals surface area contributed by atoms with E-state index in [4.69, 9.17) is 5.73 Å². The summed E-state index contributed by atoms with van der Waals surface area (Å²) in [6, 6.07) is 8.89. The number of aliphatic imine (C=N–C) groups is 1. The number of benzene rings is 1. The highest BCUT2D eigenvalue weighted by Gasteiger charge is 2.27. The Morgan fingerprint density at radius 2 is 2.00 bits per heavy atom. The zero-order chi connectivity index (χ0) is 13.9. The molecule has 1 aromatic rings. The van der Waals surface area contributed by atoms with Gasteiger partial charge in [0.2, 0.25) is 0 Å². The van der Waals surface area contributed by atoms with Crippen LogP contribution in [0.2, 0.25) is 0 Å². The van der Waals surface area contributed by atoms with E-state index in [2.05, 4.69) is 4.99 Å². The Balaban J connectivity index is 1.93. The average molecular weight is 281 g/mol. The number of nitrogens with two attached hydrogens (primary N) is 1. The second-order valence-electron chi connectivity index (χ2n) is 4.71. The standard InChI is InChI=1S/C13H19N3O2S/c1-16(11-7-8-11)13(14)15-9-10-19(17,18)12-5-3-2-4-6-12/h2-6,11H,7-10H2,1H3,(H2,14,15). The van der Waals surface area contributed by atoms with Crippen molar-refractivity contribution in [3.63, 3.8) is 0 Å². The van der Waals surface area contributed by atoms with Gasteiger partial charge in [0.15, 0.2) is 15.8 Å². The van der Waals surface area contributed by atoms with Crippen LogP contribution >= 0.6 is 0 Å². The second-order valence-corrected chi connectivity index (χ2v) is 6.82. The number of hydrogen-bond acceptors (Lipinski definition) is 3. The summed E-state index contributed by atoms with van der Waals surface area (Å²) in [6.07, 6.45) is 2.27. The predicted octanol–water partition coefficient (Wildman–Crippen LogP) is 0.869. The third-order valence-corrected chi connectivity index (χ3v) is 4.90. The van der Waals surface area contributed by atoms with Crippen molar-refractivity contribution in [3.05, 3.63) is 30.3 Å². The molecule has 0 radical (unpaired) electrons. The predicted molar refractivity (Wildman–Crippen MR) is 75.8 cm³/mol. The second kappa shape index (κ2) is 5.61. The Hall–Kier alpha value is -1.56. The van der Waals surface area contributed by atoms with Crippen LogP contribution in [0.5, 0.6) is 0 Å². The van der Waals surface area contributed by atoms with E-state index in [-0.39, 0.29) is 12.3 Å². The van der Waals surface area contributed by atoms with Crippen LogP contribution in [0, 0.1) is 0 Å². The van der Waals surface area contributed by atoms with Gasteiger partial charge in [-0.3, -0.25) is 4.99 Å². The molecular weight excluding hydrogens is 262 g/mol. The van der Waals surface area contributed by atoms with Crippen molar-refractivity contribution in [2.24, 2.45) is 10.7 Å². The zero-order valence-corrected chi connectivity index (χ0v) is 11.8. The normalized spacial score (nSPS) is 16.4. The molecule has 1 saturated carbocycles. The summed E-state index contributed by atoms with van der Waals surface area (Å²) in [5.74, 6) is 0.404. The van der Waals surface area contributed by atoms with E-state index < -0.39 is 9.84 Å². The topological polar surface area (TPSA) is 75.8 Å². The summed E-state index contributed by atoms with van der Waals surface area (Å²) < 4.78 is 24.0. The van der Waals surface area contributed by atoms with Crippen LogP contribution in [0.3, 0.4) is 0 Å². The minimum absolute atomic E-state index is 0.0176. The van der Waals surface area contributed by atoms with Gasteiger partial charge in [0.1, 0.15) is 0 Å². The van der Waals surface area contributed by atoms with Crippen LogP contribution in [0.15, 0.2) is 40.2 Å². The van der Waals surface area contributed by atoms with Crippen molar-refractivity contribution in [1.82, 2.24) is 4.90 Å². The molecule has 0 saturated heterocycles. The summed E-state index contributed by atoms with van der Waals surface area (Å²) in [7, 11) is -1.38. The van der Waals surface area contributed by atoms with Crippen LogP contribution in [-0.4, -0.2) is 44.7 Å². The van der Waals surface area contributed by atoms with Gasteiger partial charge in [0, 0.05) is 13.1 Å². The first-order valence-electron chi connectivity index (χ1n) is 6.31. The van der Waals surface area contributed by atoms with Crippen molar-refractivity contribution < 1.29 is 8.42 Å². The fraction of sp³-hybridized carbons (Fsp3) is 0.462. The molecule has 6 heteroatoms. The van der Waals surface area contributed by atoms with Crippen molar-refractivity contribution in [3.8, 4) is 0 Å². The average Bonchev–Trinajstić information content (AvgIpc) is 3.23.